The molecule has 2 aliphatic rings. The molecule has 1 aliphatic carbocycles. The smallest absolute Gasteiger partial charge is 0.222 e. The Kier molecular flexibility index (Phi) is 3.50. The lowest BCUT2D eigenvalue weighted by molar-refractivity contribution is -0.138. The lowest BCUT2D eigenvalue weighted by Crippen LogP contribution is -2.61. The van der Waals surface area contributed by atoms with Gasteiger partial charge in [-0.1, -0.05) is 19.3 Å². The molecular weight excluding hydrogens is 204 g/mol. The van der Waals surface area contributed by atoms with E-state index in [9.17, 15) is 10.0 Å². The zero-order valence-corrected chi connectivity index (χ0v) is 10.0. The van der Waals surface area contributed by atoms with Gasteiger partial charge >= 0.3 is 0 Å². The number of hydrogen-bond acceptors (Lipinski definition) is 3. The highest BCUT2D eigenvalue weighted by Gasteiger charge is 2.43. The van der Waals surface area contributed by atoms with Gasteiger partial charge < -0.3 is 10.1 Å². The molecule has 0 aromatic carbocycles. The molecule has 1 atom stereocenters. The summed E-state index contributed by atoms with van der Waals surface area (Å²) >= 11 is 0. The van der Waals surface area contributed by atoms with E-state index in [-0.39, 0.29) is 11.4 Å². The van der Waals surface area contributed by atoms with Gasteiger partial charge in [0.2, 0.25) is 5.91 Å². The minimum absolute atomic E-state index is 0.196. The van der Waals surface area contributed by atoms with Gasteiger partial charge in [-0.3, -0.25) is 4.79 Å². The van der Waals surface area contributed by atoms with Crippen LogP contribution < -0.4 is 5.48 Å². The molecule has 1 saturated carbocycles. The van der Waals surface area contributed by atoms with E-state index >= 15 is 0 Å². The van der Waals surface area contributed by atoms with E-state index in [1.165, 1.54) is 32.1 Å². The number of carbonyl (C=O) groups is 1. The third-order valence-corrected chi connectivity index (χ3v) is 4.34. The minimum Gasteiger partial charge on any atom is -0.344 e. The Morgan fingerprint density at radius 1 is 1.38 bits per heavy atom. The van der Waals surface area contributed by atoms with E-state index in [4.69, 9.17) is 0 Å². The highest BCUT2D eigenvalue weighted by molar-refractivity contribution is 5.77. The maximum absolute atomic E-state index is 11.5. The van der Waals surface area contributed by atoms with Crippen LogP contribution in [0.5, 0.6) is 0 Å². The summed E-state index contributed by atoms with van der Waals surface area (Å²) < 4.78 is 0. The van der Waals surface area contributed by atoms with Crippen molar-refractivity contribution in [3.8, 4) is 0 Å². The summed E-state index contributed by atoms with van der Waals surface area (Å²) in [5, 5.41) is 9.51. The van der Waals surface area contributed by atoms with Crippen LogP contribution in [-0.4, -0.2) is 35.1 Å². The number of hydroxylamine groups is 1. The predicted octanol–water partition coefficient (Wildman–Crippen LogP) is 1.54. The molecule has 1 amide bonds. The van der Waals surface area contributed by atoms with Crippen LogP contribution in [0.25, 0.3) is 0 Å². The van der Waals surface area contributed by atoms with Gasteiger partial charge in [0, 0.05) is 20.0 Å². The Hall–Kier alpha value is -0.610. The number of amides is 1. The van der Waals surface area contributed by atoms with Crippen LogP contribution in [0.1, 0.15) is 44.9 Å². The van der Waals surface area contributed by atoms with Crippen molar-refractivity contribution in [2.45, 2.75) is 50.5 Å². The number of piperidine rings is 1. The first kappa shape index (κ1) is 11.9. The molecular formula is C12H22N2O2. The van der Waals surface area contributed by atoms with E-state index in [1.54, 1.807) is 4.90 Å². The molecule has 0 radical (unpaired) electrons. The van der Waals surface area contributed by atoms with Gasteiger partial charge in [0.1, 0.15) is 0 Å². The van der Waals surface area contributed by atoms with Crippen molar-refractivity contribution < 1.29 is 10.0 Å². The highest BCUT2D eigenvalue weighted by Crippen LogP contribution is 2.37. The molecule has 16 heavy (non-hydrogen) atoms. The van der Waals surface area contributed by atoms with E-state index in [0.29, 0.717) is 18.9 Å². The summed E-state index contributed by atoms with van der Waals surface area (Å²) in [5.74, 6) is 0.712. The second-order valence-corrected chi connectivity index (χ2v) is 5.35. The van der Waals surface area contributed by atoms with Gasteiger partial charge in [-0.05, 0) is 25.2 Å². The van der Waals surface area contributed by atoms with Gasteiger partial charge in [0.15, 0.2) is 0 Å². The lowest BCUT2D eigenvalue weighted by atomic mass is 9.71. The Balaban J connectivity index is 2.09. The Morgan fingerprint density at radius 2 is 2.06 bits per heavy atom. The molecule has 2 fully saturated rings. The largest absolute Gasteiger partial charge is 0.344 e. The van der Waals surface area contributed by atoms with Gasteiger partial charge in [-0.15, -0.1) is 0 Å². The molecule has 0 aromatic heterocycles. The molecule has 1 heterocycles. The molecule has 0 spiro atoms. The molecule has 4 nitrogen and oxygen atoms in total. The van der Waals surface area contributed by atoms with Crippen molar-refractivity contribution in [2.24, 2.45) is 5.92 Å². The van der Waals surface area contributed by atoms with Gasteiger partial charge in [-0.25, -0.2) is 0 Å². The first-order valence-electron chi connectivity index (χ1n) is 6.33. The maximum atomic E-state index is 11.5. The Morgan fingerprint density at radius 3 is 2.62 bits per heavy atom. The molecule has 2 N–H and O–H groups in total. The van der Waals surface area contributed by atoms with Gasteiger partial charge in [0.05, 0.1) is 5.54 Å². The molecule has 1 saturated heterocycles. The van der Waals surface area contributed by atoms with Crippen LogP contribution in [0.15, 0.2) is 0 Å². The first-order valence-corrected chi connectivity index (χ1v) is 6.33. The summed E-state index contributed by atoms with van der Waals surface area (Å²) in [4.78, 5) is 13.2. The minimum atomic E-state index is -0.247. The number of nitrogens with zero attached hydrogens (tertiary/aromatic N) is 1. The number of likely N-dealkylation sites (tertiary alicyclic amines) is 1. The quantitative estimate of drug-likeness (QED) is 0.702. The van der Waals surface area contributed by atoms with Crippen LogP contribution in [-0.2, 0) is 4.79 Å². The van der Waals surface area contributed by atoms with Gasteiger partial charge in [-0.2, -0.15) is 5.48 Å². The zero-order chi connectivity index (χ0) is 11.6. The number of rotatable bonds is 2. The van der Waals surface area contributed by atoms with Crippen LogP contribution >= 0.6 is 0 Å². The summed E-state index contributed by atoms with van der Waals surface area (Å²) in [6, 6.07) is 0. The maximum Gasteiger partial charge on any atom is 0.222 e. The topological polar surface area (TPSA) is 52.6 Å². The lowest BCUT2D eigenvalue weighted by Gasteiger charge is -2.46. The third kappa shape index (κ3) is 2.09. The molecule has 92 valence electrons. The number of nitrogens with one attached hydrogen (secondary N) is 1. The third-order valence-electron chi connectivity index (χ3n) is 4.34. The fourth-order valence-corrected chi connectivity index (χ4v) is 3.28. The average Bonchev–Trinajstić information content (AvgIpc) is 2.34. The summed E-state index contributed by atoms with van der Waals surface area (Å²) in [5.41, 5.74) is 2.30. The predicted molar refractivity (Wildman–Crippen MR) is 61.1 cm³/mol. The van der Waals surface area contributed by atoms with E-state index in [2.05, 4.69) is 5.48 Å². The molecule has 2 rings (SSSR count). The fourth-order valence-electron chi connectivity index (χ4n) is 3.28. The monoisotopic (exact) mass is 226 g/mol. The van der Waals surface area contributed by atoms with E-state index in [1.807, 2.05) is 7.05 Å². The number of likely N-dealkylation sites (N-methyl/N-ethyl adjacent to an activating group) is 1. The summed E-state index contributed by atoms with van der Waals surface area (Å²) in [7, 11) is 1.83. The van der Waals surface area contributed by atoms with Crippen molar-refractivity contribution in [1.82, 2.24) is 10.4 Å². The first-order chi connectivity index (χ1) is 7.68. The summed E-state index contributed by atoms with van der Waals surface area (Å²) in [6.45, 7) is 0.646. The Labute approximate surface area is 97.0 Å². The Bertz CT molecular complexity index is 264. The fraction of sp³-hybridized carbons (Fsp3) is 0.917. The standard InChI is InChI=1S/C12H22N2O2/c1-14-9-12(13-16,8-7-11(14)15)10-5-3-2-4-6-10/h10,13,16H,2-9H2,1H3. The van der Waals surface area contributed by atoms with Crippen LogP contribution in [0.3, 0.4) is 0 Å². The van der Waals surface area contributed by atoms with E-state index < -0.39 is 0 Å². The van der Waals surface area contributed by atoms with Gasteiger partial charge in [0.25, 0.3) is 0 Å². The average molecular weight is 226 g/mol. The number of carbonyl (C=O) groups excluding carboxylic acids is 1. The van der Waals surface area contributed by atoms with Crippen LogP contribution in [0, 0.1) is 5.92 Å². The van der Waals surface area contributed by atoms with Crippen molar-refractivity contribution in [3.05, 3.63) is 0 Å². The second-order valence-electron chi connectivity index (χ2n) is 5.35. The van der Waals surface area contributed by atoms with E-state index in [0.717, 1.165) is 6.42 Å². The zero-order valence-electron chi connectivity index (χ0n) is 10.0. The molecule has 0 bridgehead atoms. The van der Waals surface area contributed by atoms with Crippen LogP contribution in [0.4, 0.5) is 0 Å². The summed E-state index contributed by atoms with van der Waals surface area (Å²) in [6.07, 6.45) is 7.51. The van der Waals surface area contributed by atoms with Crippen molar-refractivity contribution in [2.75, 3.05) is 13.6 Å². The van der Waals surface area contributed by atoms with Crippen molar-refractivity contribution in [1.29, 1.82) is 0 Å². The molecule has 1 unspecified atom stereocenters. The molecule has 1 aliphatic heterocycles. The van der Waals surface area contributed by atoms with Crippen LogP contribution in [0.2, 0.25) is 0 Å². The normalized spacial score (nSPS) is 33.1. The van der Waals surface area contributed by atoms with Crippen molar-refractivity contribution in [3.63, 3.8) is 0 Å². The second kappa shape index (κ2) is 4.72. The SMILES string of the molecule is CN1CC(NO)(C2CCCCC2)CCC1=O. The molecule has 4 heteroatoms. The number of hydrogen-bond donors (Lipinski definition) is 2. The highest BCUT2D eigenvalue weighted by atomic mass is 16.5. The van der Waals surface area contributed by atoms with Crippen molar-refractivity contribution >= 4 is 5.91 Å². The molecule has 0 aromatic rings.